The summed E-state index contributed by atoms with van der Waals surface area (Å²) in [6.07, 6.45) is 7.42. The van der Waals surface area contributed by atoms with Crippen LogP contribution in [0.5, 0.6) is 0 Å². The lowest BCUT2D eigenvalue weighted by Crippen LogP contribution is -2.23. The van der Waals surface area contributed by atoms with E-state index >= 15 is 0 Å². The van der Waals surface area contributed by atoms with Gasteiger partial charge in [-0.2, -0.15) is 25.5 Å². The second-order valence-corrected chi connectivity index (χ2v) is 37.9. The number of nitrogens with one attached hydrogen (secondary N) is 10. The number of hydrogen-bond donors (Lipinski definition) is 10. The molecule has 25 rings (SSSR count). The van der Waals surface area contributed by atoms with Gasteiger partial charge in [-0.05, 0) is 187 Å². The number of sulfonamides is 1. The predicted octanol–water partition coefficient (Wildman–Crippen LogP) is 25.6. The maximum atomic E-state index is 14.9. The Hall–Kier alpha value is -18.4. The molecule has 10 N–H and O–H groups in total. The van der Waals surface area contributed by atoms with Gasteiger partial charge >= 0.3 is 0 Å². The SMILES string of the molecule is CS(=O)(=O)Nc1ccc2[nH]nc(-c3cc4ccccc4s3)c2c1F.O=C(NCc1cc2ccccc2o1)c1cc(F)c2n[nH]c(-c3ccc4ccccc4c3)c2c1.O=C(NCc1cccnc1)c1cc(F)c2n[nH]c(-c3ccc4ccccc4c3)c2c1.O=C(NCc1cccs1)c1cc(F)c2n[nH]c(-c3ccc4ccccc4c3)c2c1.O=C(NCc1ccoc1)c1cc(F)c2n[nH]c(-c3ccc4ccccc4c3)c2c1. The number of aromatic nitrogens is 11. The summed E-state index contributed by atoms with van der Waals surface area (Å²) in [5, 5.41) is 61.8. The number of rotatable bonds is 19. The average molecular weight is 1980 g/mol. The lowest BCUT2D eigenvalue weighted by atomic mass is 10.0. The topological polar surface area (TPSA) is 345 Å². The second kappa shape index (κ2) is 40.4. The number of anilines is 1. The number of fused-ring (bicyclic) bond motifs is 11. The van der Waals surface area contributed by atoms with Crippen LogP contribution >= 0.6 is 22.7 Å². The molecule has 0 fully saturated rings. The summed E-state index contributed by atoms with van der Waals surface area (Å²) in [4.78, 5) is 56.5. The number of thiophene rings is 2. The van der Waals surface area contributed by atoms with Gasteiger partial charge in [0, 0.05) is 112 Å². The van der Waals surface area contributed by atoms with E-state index in [9.17, 15) is 49.5 Å². The fraction of sp³-hybridized carbons (Fsp3) is 0.0442. The Balaban J connectivity index is 0.000000107. The van der Waals surface area contributed by atoms with E-state index in [0.717, 1.165) is 114 Å². The number of benzene rings is 15. The predicted molar refractivity (Wildman–Crippen MR) is 559 cm³/mol. The molecule has 0 aliphatic carbocycles. The van der Waals surface area contributed by atoms with Crippen molar-refractivity contribution in [2.24, 2.45) is 0 Å². The third-order valence-electron chi connectivity index (χ3n) is 24.4. The molecule has 4 amide bonds. The first-order valence-corrected chi connectivity index (χ1v) is 49.1. The van der Waals surface area contributed by atoms with Gasteiger partial charge in [0.25, 0.3) is 23.6 Å². The summed E-state index contributed by atoms with van der Waals surface area (Å²) >= 11 is 3.07. The number of H-pyrrole nitrogens is 5. The number of nitrogens with zero attached hydrogens (tertiary/aromatic N) is 6. The highest BCUT2D eigenvalue weighted by atomic mass is 32.2. The first kappa shape index (κ1) is 92.9. The lowest BCUT2D eigenvalue weighted by Gasteiger charge is -2.07. The van der Waals surface area contributed by atoms with Crippen molar-refractivity contribution in [1.29, 1.82) is 0 Å². The van der Waals surface area contributed by atoms with Crippen molar-refractivity contribution in [3.8, 4) is 55.6 Å². The molecule has 10 heterocycles. The summed E-state index contributed by atoms with van der Waals surface area (Å²) in [7, 11) is -3.57. The third kappa shape index (κ3) is 20.1. The second-order valence-electron chi connectivity index (χ2n) is 34.1. The maximum absolute atomic E-state index is 14.9. The van der Waals surface area contributed by atoms with E-state index in [-0.39, 0.29) is 85.6 Å². The molecule has 24 nitrogen and oxygen atoms in total. The van der Waals surface area contributed by atoms with Gasteiger partial charge in [0.1, 0.15) is 39.1 Å². The van der Waals surface area contributed by atoms with Crippen molar-refractivity contribution in [1.82, 2.24) is 77.2 Å². The average Bonchev–Trinajstić information content (AvgIpc) is 1.64. The Morgan fingerprint density at radius 2 is 0.800 bits per heavy atom. The van der Waals surface area contributed by atoms with E-state index in [0.29, 0.717) is 80.9 Å². The van der Waals surface area contributed by atoms with Crippen molar-refractivity contribution < 1.29 is 58.4 Å². The van der Waals surface area contributed by atoms with Gasteiger partial charge in [-0.25, -0.2) is 30.4 Å². The molecule has 0 unspecified atom stereocenters. The standard InChI is InChI=1S/C27H18FN3O2.C24H17FN4O.C23H16FN3O2.C23H16FN3OS.C16H12FN3O2S2/c28-23-14-20(27(32)29-15-21-12-18-7-3-4-8-24(18)33-21)13-22-25(30-31-26(22)23)19-10-9-16-5-1-2-6-17(16)11-19;25-21-12-19(24(30)27-14-15-4-3-9-26-13-15)11-20-22(28-29-23(20)21)18-8-7-16-5-1-2-6-17(16)10-18;24-20-11-18(23(28)25-12-14-7-8-29-13-14)10-19-21(26-27-22(19)20)17-6-5-15-3-1-2-4-16(15)9-17;24-20-12-17(23(28)25-13-18-6-3-9-29-18)11-19-21(26-27-22(19)20)16-8-7-14-4-1-2-5-15(14)10-16;1-24(21,22)20-11-7-6-10-14(15(11)17)16(19-18-10)13-8-9-4-2-3-5-12(9)23-13/h1-14H,15H2,(H,29,32)(H,30,31);1-13H,14H2,(H,27,30)(H,28,29);1-11,13H,12H2,(H,25,28)(H,26,27);1-12H,13H2,(H,25,28)(H,26,27);2-8,20H,1H3,(H,18,19). The molecule has 32 heteroatoms. The number of hydrogen-bond acceptors (Lipinski definition) is 16. The van der Waals surface area contributed by atoms with E-state index in [2.05, 4.69) is 82.0 Å². The van der Waals surface area contributed by atoms with E-state index in [1.54, 1.807) is 72.5 Å². The molecule has 712 valence electrons. The van der Waals surface area contributed by atoms with Crippen molar-refractivity contribution in [3.63, 3.8) is 0 Å². The van der Waals surface area contributed by atoms with Crippen molar-refractivity contribution in [2.75, 3.05) is 11.0 Å². The molecule has 0 radical (unpaired) electrons. The smallest absolute Gasteiger partial charge is 0.251 e. The third-order valence-corrected chi connectivity index (χ3v) is 27.0. The van der Waals surface area contributed by atoms with E-state index in [4.69, 9.17) is 8.83 Å². The zero-order valence-electron chi connectivity index (χ0n) is 76.4. The quantitative estimate of drug-likeness (QED) is 0.0337. The number of carbonyl (C=O) groups excluding carboxylic acids is 4. The Bertz CT molecular complexity index is 9110. The van der Waals surface area contributed by atoms with E-state index < -0.39 is 39.1 Å². The fourth-order valence-electron chi connectivity index (χ4n) is 17.3. The Kier molecular flexibility index (Phi) is 25.9. The van der Waals surface area contributed by atoms with E-state index in [1.165, 1.54) is 47.9 Å². The highest BCUT2D eigenvalue weighted by Crippen LogP contribution is 2.41. The molecule has 0 aliphatic heterocycles. The molecule has 25 aromatic rings. The number of furan rings is 2. The van der Waals surface area contributed by atoms with Gasteiger partial charge in [-0.15, -0.1) is 22.7 Å². The molecular formula is C113H79F5N16O8S3. The van der Waals surface area contributed by atoms with Crippen LogP contribution in [-0.2, 0) is 36.2 Å². The molecule has 0 bridgehead atoms. The monoisotopic (exact) mass is 1980 g/mol. The zero-order valence-corrected chi connectivity index (χ0v) is 78.8. The van der Waals surface area contributed by atoms with Crippen LogP contribution in [0.4, 0.5) is 27.6 Å². The molecule has 15 aromatic carbocycles. The molecule has 0 atom stereocenters. The van der Waals surface area contributed by atoms with Crippen LogP contribution in [0, 0.1) is 29.1 Å². The molecular weight excluding hydrogens is 1900 g/mol. The highest BCUT2D eigenvalue weighted by molar-refractivity contribution is 7.92. The van der Waals surface area contributed by atoms with Crippen LogP contribution in [0.25, 0.3) is 174 Å². The Labute approximate surface area is 828 Å². The normalized spacial score (nSPS) is 11.4. The van der Waals surface area contributed by atoms with Crippen molar-refractivity contribution >= 4 is 181 Å². The molecule has 0 saturated carbocycles. The van der Waals surface area contributed by atoms with Gasteiger partial charge < -0.3 is 30.1 Å². The number of halogens is 5. The van der Waals surface area contributed by atoms with Gasteiger partial charge in [0.05, 0.1) is 76.1 Å². The van der Waals surface area contributed by atoms with Crippen LogP contribution in [0.2, 0.25) is 0 Å². The van der Waals surface area contributed by atoms with Gasteiger partial charge in [-0.3, -0.25) is 54.4 Å². The Morgan fingerprint density at radius 1 is 0.379 bits per heavy atom. The van der Waals surface area contributed by atoms with E-state index in [1.807, 2.05) is 254 Å². The Morgan fingerprint density at radius 3 is 1.21 bits per heavy atom. The molecule has 0 spiro atoms. The number of amides is 4. The first-order valence-electron chi connectivity index (χ1n) is 45.5. The van der Waals surface area contributed by atoms with Gasteiger partial charge in [-0.1, -0.05) is 194 Å². The maximum Gasteiger partial charge on any atom is 0.251 e. The minimum absolute atomic E-state index is 0.0891. The summed E-state index contributed by atoms with van der Waals surface area (Å²) in [6, 6.07) is 99.3. The van der Waals surface area contributed by atoms with Crippen molar-refractivity contribution in [3.05, 3.63) is 425 Å². The molecule has 0 aliphatic rings. The number of aromatic amines is 5. The highest BCUT2D eigenvalue weighted by Gasteiger charge is 2.25. The number of para-hydroxylation sites is 1. The first-order chi connectivity index (χ1) is 70.6. The lowest BCUT2D eigenvalue weighted by molar-refractivity contribution is 0.0941. The molecule has 0 saturated heterocycles. The van der Waals surface area contributed by atoms with Crippen LogP contribution in [0.15, 0.2) is 361 Å². The van der Waals surface area contributed by atoms with Crippen LogP contribution in [-0.4, -0.2) is 94.3 Å². The van der Waals surface area contributed by atoms with Gasteiger partial charge in [0.2, 0.25) is 10.0 Å². The van der Waals surface area contributed by atoms with Crippen LogP contribution in [0.3, 0.4) is 0 Å². The minimum atomic E-state index is -3.57. The summed E-state index contributed by atoms with van der Waals surface area (Å²) in [5.74, 6) is -3.58. The fourth-order valence-corrected chi connectivity index (χ4v) is 19.5. The molecule has 10 aromatic heterocycles. The van der Waals surface area contributed by atoms with Crippen molar-refractivity contribution in [2.45, 2.75) is 26.2 Å². The zero-order chi connectivity index (χ0) is 99.4. The summed E-state index contributed by atoms with van der Waals surface area (Å²) in [6.45, 7) is 1.24. The van der Waals surface area contributed by atoms with Crippen LogP contribution < -0.4 is 26.0 Å². The minimum Gasteiger partial charge on any atom is -0.472 e. The number of carbonyl (C=O) groups is 4. The summed E-state index contributed by atoms with van der Waals surface area (Å²) in [5.41, 5.74) is 11.4. The largest absolute Gasteiger partial charge is 0.472 e. The summed E-state index contributed by atoms with van der Waals surface area (Å²) < 4.78 is 110. The number of pyridine rings is 1. The van der Waals surface area contributed by atoms with Crippen LogP contribution in [0.1, 0.15) is 63.2 Å². The van der Waals surface area contributed by atoms with Gasteiger partial charge in [0.15, 0.2) is 29.1 Å². The molecule has 145 heavy (non-hydrogen) atoms.